The summed E-state index contributed by atoms with van der Waals surface area (Å²) < 4.78 is 0. The van der Waals surface area contributed by atoms with Crippen molar-refractivity contribution in [3.8, 4) is 0 Å². The number of carbonyl (C=O) groups excluding carboxylic acids is 1. The van der Waals surface area contributed by atoms with Gasteiger partial charge in [-0.25, -0.2) is 0 Å². The van der Waals surface area contributed by atoms with Gasteiger partial charge in [-0.05, 0) is 71.8 Å². The highest BCUT2D eigenvalue weighted by molar-refractivity contribution is 14.0. The number of guanidine groups is 1. The quantitative estimate of drug-likeness (QED) is 0.314. The molecule has 7 nitrogen and oxygen atoms in total. The van der Waals surface area contributed by atoms with Gasteiger partial charge < -0.3 is 20.4 Å². The Labute approximate surface area is 206 Å². The molecular formula is C23H45IN6O. The Balaban J connectivity index is 0.00000341. The van der Waals surface area contributed by atoms with Crippen LogP contribution in [-0.2, 0) is 4.79 Å². The topological polar surface area (TPSA) is 63.2 Å². The van der Waals surface area contributed by atoms with Crippen LogP contribution in [0.25, 0.3) is 0 Å². The summed E-state index contributed by atoms with van der Waals surface area (Å²) >= 11 is 0. The first kappa shape index (κ1) is 26.6. The molecule has 2 N–H and O–H groups in total. The lowest BCUT2D eigenvalue weighted by Crippen LogP contribution is -2.62. The molecule has 0 aromatic heterocycles. The van der Waals surface area contributed by atoms with Gasteiger partial charge in [-0.2, -0.15) is 0 Å². The predicted molar refractivity (Wildman–Crippen MR) is 139 cm³/mol. The molecule has 3 heterocycles. The number of piperidine rings is 3. The zero-order valence-electron chi connectivity index (χ0n) is 20.2. The first-order chi connectivity index (χ1) is 14.4. The second-order valence-electron chi connectivity index (χ2n) is 9.90. The summed E-state index contributed by atoms with van der Waals surface area (Å²) in [6, 6.07) is 0.385. The fourth-order valence-electron chi connectivity index (χ4n) is 5.25. The average Bonchev–Trinajstić information content (AvgIpc) is 2.78. The fraction of sp³-hybridized carbons (Fsp3) is 0.913. The summed E-state index contributed by atoms with van der Waals surface area (Å²) in [7, 11) is 4.11. The number of aliphatic imine (C=N–C) groups is 1. The SMILES string of the molecule is CN=C(NCC1(N2CCCCC2)CCN(C)CC1)NC1CCN(C(=O)C(C)C)CC1.I. The number of amides is 1. The van der Waals surface area contributed by atoms with Crippen LogP contribution in [-0.4, -0.2) is 98.1 Å². The number of hydrogen-bond acceptors (Lipinski definition) is 4. The number of carbonyl (C=O) groups is 1. The number of hydrogen-bond donors (Lipinski definition) is 2. The van der Waals surface area contributed by atoms with Crippen molar-refractivity contribution in [2.45, 2.75) is 70.4 Å². The highest BCUT2D eigenvalue weighted by Gasteiger charge is 2.39. The molecule has 3 rings (SSSR count). The van der Waals surface area contributed by atoms with E-state index in [1.54, 1.807) is 0 Å². The molecule has 0 bridgehead atoms. The van der Waals surface area contributed by atoms with E-state index in [1.165, 1.54) is 58.3 Å². The van der Waals surface area contributed by atoms with Crippen molar-refractivity contribution < 1.29 is 4.79 Å². The van der Waals surface area contributed by atoms with Crippen LogP contribution in [0, 0.1) is 5.92 Å². The van der Waals surface area contributed by atoms with Gasteiger partial charge >= 0.3 is 0 Å². The number of likely N-dealkylation sites (tertiary alicyclic amines) is 3. The average molecular weight is 549 g/mol. The van der Waals surface area contributed by atoms with Gasteiger partial charge in [-0.15, -0.1) is 24.0 Å². The first-order valence-electron chi connectivity index (χ1n) is 12.1. The van der Waals surface area contributed by atoms with Gasteiger partial charge in [0.2, 0.25) is 5.91 Å². The molecule has 0 spiro atoms. The van der Waals surface area contributed by atoms with Gasteiger partial charge in [-0.1, -0.05) is 20.3 Å². The molecule has 0 radical (unpaired) electrons. The van der Waals surface area contributed by atoms with Crippen molar-refractivity contribution in [1.29, 1.82) is 0 Å². The lowest BCUT2D eigenvalue weighted by molar-refractivity contribution is -0.135. The Kier molecular flexibility index (Phi) is 10.8. The molecule has 0 aliphatic carbocycles. The van der Waals surface area contributed by atoms with Crippen LogP contribution >= 0.6 is 24.0 Å². The zero-order valence-corrected chi connectivity index (χ0v) is 22.5. The molecule has 3 saturated heterocycles. The van der Waals surface area contributed by atoms with E-state index in [0.717, 1.165) is 38.4 Å². The van der Waals surface area contributed by atoms with Gasteiger partial charge in [0.15, 0.2) is 5.96 Å². The molecule has 1 amide bonds. The van der Waals surface area contributed by atoms with E-state index in [9.17, 15) is 4.79 Å². The molecule has 8 heteroatoms. The Morgan fingerprint density at radius 3 is 2.19 bits per heavy atom. The van der Waals surface area contributed by atoms with Crippen molar-refractivity contribution >= 4 is 35.8 Å². The molecule has 0 saturated carbocycles. The molecule has 0 aromatic rings. The van der Waals surface area contributed by atoms with Crippen LogP contribution in [0.4, 0.5) is 0 Å². The molecule has 3 fully saturated rings. The van der Waals surface area contributed by atoms with Crippen LogP contribution < -0.4 is 10.6 Å². The van der Waals surface area contributed by atoms with E-state index in [1.807, 2.05) is 25.8 Å². The van der Waals surface area contributed by atoms with Crippen molar-refractivity contribution in [3.63, 3.8) is 0 Å². The standard InChI is InChI=1S/C23H44N6O.HI/c1-19(2)21(30)28-14-8-20(9-15-28)26-22(24-3)25-18-23(10-16-27(4)17-11-23)29-12-6-5-7-13-29;/h19-20H,5-18H2,1-4H3,(H2,24,25,26);1H. The number of nitrogens with one attached hydrogen (secondary N) is 2. The Bertz CT molecular complexity index is 577. The van der Waals surface area contributed by atoms with Gasteiger partial charge in [-0.3, -0.25) is 14.7 Å². The Hall–Kier alpha value is -0.610. The van der Waals surface area contributed by atoms with E-state index in [2.05, 4.69) is 32.5 Å². The highest BCUT2D eigenvalue weighted by atomic mass is 127. The zero-order chi connectivity index (χ0) is 21.6. The van der Waals surface area contributed by atoms with Crippen LogP contribution in [0.5, 0.6) is 0 Å². The van der Waals surface area contributed by atoms with Crippen molar-refractivity contribution in [1.82, 2.24) is 25.3 Å². The molecule has 0 atom stereocenters. The van der Waals surface area contributed by atoms with Gasteiger partial charge in [0.25, 0.3) is 0 Å². The van der Waals surface area contributed by atoms with Gasteiger partial charge in [0, 0.05) is 44.2 Å². The second kappa shape index (κ2) is 12.6. The minimum Gasteiger partial charge on any atom is -0.355 e. The third kappa shape index (κ3) is 7.19. The smallest absolute Gasteiger partial charge is 0.225 e. The maximum atomic E-state index is 12.2. The molecule has 180 valence electrons. The third-order valence-corrected chi connectivity index (χ3v) is 7.39. The normalized spacial score (nSPS) is 24.0. The maximum absolute atomic E-state index is 12.2. The van der Waals surface area contributed by atoms with Crippen LogP contribution in [0.1, 0.15) is 58.8 Å². The van der Waals surface area contributed by atoms with Crippen LogP contribution in [0.15, 0.2) is 4.99 Å². The summed E-state index contributed by atoms with van der Waals surface area (Å²) in [5.74, 6) is 1.28. The van der Waals surface area contributed by atoms with Crippen molar-refractivity contribution in [2.24, 2.45) is 10.9 Å². The van der Waals surface area contributed by atoms with E-state index >= 15 is 0 Å². The maximum Gasteiger partial charge on any atom is 0.225 e. The monoisotopic (exact) mass is 548 g/mol. The number of halogens is 1. The Morgan fingerprint density at radius 1 is 1.03 bits per heavy atom. The summed E-state index contributed by atoms with van der Waals surface area (Å²) in [4.78, 5) is 24.0. The fourth-order valence-corrected chi connectivity index (χ4v) is 5.25. The summed E-state index contributed by atoms with van der Waals surface area (Å²) in [5.41, 5.74) is 0.248. The lowest BCUT2D eigenvalue weighted by Gasteiger charge is -2.50. The molecule has 3 aliphatic heterocycles. The largest absolute Gasteiger partial charge is 0.355 e. The van der Waals surface area contributed by atoms with E-state index < -0.39 is 0 Å². The molecule has 0 unspecified atom stereocenters. The van der Waals surface area contributed by atoms with Crippen LogP contribution in [0.3, 0.4) is 0 Å². The third-order valence-electron chi connectivity index (χ3n) is 7.39. The molecule has 0 aromatic carbocycles. The number of rotatable bonds is 5. The van der Waals surface area contributed by atoms with E-state index in [0.29, 0.717) is 6.04 Å². The van der Waals surface area contributed by atoms with E-state index in [-0.39, 0.29) is 41.3 Å². The predicted octanol–water partition coefficient (Wildman–Crippen LogP) is 2.37. The summed E-state index contributed by atoms with van der Waals surface area (Å²) in [6.45, 7) is 11.4. The lowest BCUT2D eigenvalue weighted by atomic mass is 9.84. The second-order valence-corrected chi connectivity index (χ2v) is 9.90. The molecule has 3 aliphatic rings. The Morgan fingerprint density at radius 2 is 1.65 bits per heavy atom. The van der Waals surface area contributed by atoms with Crippen molar-refractivity contribution in [2.75, 3.05) is 59.9 Å². The molecule has 31 heavy (non-hydrogen) atoms. The highest BCUT2D eigenvalue weighted by Crippen LogP contribution is 2.30. The van der Waals surface area contributed by atoms with Gasteiger partial charge in [0.1, 0.15) is 0 Å². The first-order valence-corrected chi connectivity index (χ1v) is 12.1. The minimum absolute atomic E-state index is 0. The van der Waals surface area contributed by atoms with Gasteiger partial charge in [0.05, 0.1) is 0 Å². The van der Waals surface area contributed by atoms with Crippen LogP contribution in [0.2, 0.25) is 0 Å². The summed E-state index contributed by atoms with van der Waals surface area (Å²) in [6.07, 6.45) is 8.46. The van der Waals surface area contributed by atoms with Crippen molar-refractivity contribution in [3.05, 3.63) is 0 Å². The number of nitrogens with zero attached hydrogens (tertiary/aromatic N) is 4. The summed E-state index contributed by atoms with van der Waals surface area (Å²) in [5, 5.41) is 7.32. The van der Waals surface area contributed by atoms with E-state index in [4.69, 9.17) is 0 Å². The molecular weight excluding hydrogens is 503 g/mol. The minimum atomic E-state index is 0.